The Morgan fingerprint density at radius 3 is 2.12 bits per heavy atom. The summed E-state index contributed by atoms with van der Waals surface area (Å²) in [5, 5.41) is 10.6. The van der Waals surface area contributed by atoms with Crippen LogP contribution < -0.4 is 4.74 Å². The smallest absolute Gasteiger partial charge is 0.343 e. The number of nitrogens with zero attached hydrogens (tertiary/aromatic N) is 1. The highest BCUT2D eigenvalue weighted by Gasteiger charge is 2.11. The Morgan fingerprint density at radius 1 is 1.04 bits per heavy atom. The summed E-state index contributed by atoms with van der Waals surface area (Å²) in [5.41, 5.74) is 4.31. The fourth-order valence-corrected chi connectivity index (χ4v) is 2.27. The van der Waals surface area contributed by atoms with E-state index >= 15 is 0 Å². The largest absolute Gasteiger partial charge is 0.423 e. The van der Waals surface area contributed by atoms with Crippen LogP contribution in [0.2, 0.25) is 19.6 Å². The molecule has 0 aliphatic rings. The fraction of sp³-hybridized carbons (Fsp3) is 0.167. The molecule has 0 amide bonds. The van der Waals surface area contributed by atoms with Crippen molar-refractivity contribution in [3.05, 3.63) is 69.8 Å². The maximum atomic E-state index is 12.0. The third kappa shape index (κ3) is 5.07. The van der Waals surface area contributed by atoms with Gasteiger partial charge >= 0.3 is 5.97 Å². The summed E-state index contributed by atoms with van der Waals surface area (Å²) in [5.74, 6) is 2.96. The molecule has 0 aromatic heterocycles. The number of nitro benzene ring substituents is 1. The molecule has 0 saturated heterocycles. The van der Waals surface area contributed by atoms with Crippen molar-refractivity contribution in [1.29, 1.82) is 0 Å². The van der Waals surface area contributed by atoms with E-state index in [1.807, 2.05) is 0 Å². The lowest BCUT2D eigenvalue weighted by atomic mass is 10.2. The summed E-state index contributed by atoms with van der Waals surface area (Å²) in [4.78, 5) is 22.1. The van der Waals surface area contributed by atoms with Crippen molar-refractivity contribution in [2.24, 2.45) is 0 Å². The van der Waals surface area contributed by atoms with Gasteiger partial charge in [-0.25, -0.2) is 4.79 Å². The first kappa shape index (κ1) is 17.4. The highest BCUT2D eigenvalue weighted by Crippen LogP contribution is 2.16. The second kappa shape index (κ2) is 7.11. The summed E-state index contributed by atoms with van der Waals surface area (Å²) in [6, 6.07) is 12.2. The number of hydrogen-bond acceptors (Lipinski definition) is 4. The van der Waals surface area contributed by atoms with Crippen LogP contribution in [0.25, 0.3) is 0 Å². The predicted octanol–water partition coefficient (Wildman–Crippen LogP) is 4.04. The molecule has 5 nitrogen and oxygen atoms in total. The highest BCUT2D eigenvalue weighted by atomic mass is 28.3. The Morgan fingerprint density at radius 2 is 1.62 bits per heavy atom. The van der Waals surface area contributed by atoms with Gasteiger partial charge in [-0.1, -0.05) is 25.6 Å². The lowest BCUT2D eigenvalue weighted by Crippen LogP contribution is -2.16. The second-order valence-corrected chi connectivity index (χ2v) is 11.0. The summed E-state index contributed by atoms with van der Waals surface area (Å²) < 4.78 is 5.25. The van der Waals surface area contributed by atoms with Crippen molar-refractivity contribution < 1.29 is 14.5 Å². The first-order chi connectivity index (χ1) is 11.2. The van der Waals surface area contributed by atoms with Gasteiger partial charge in [-0.05, 0) is 36.4 Å². The molecule has 2 aromatic carbocycles. The molecule has 0 atom stereocenters. The minimum Gasteiger partial charge on any atom is -0.423 e. The van der Waals surface area contributed by atoms with Crippen LogP contribution in [0.5, 0.6) is 5.75 Å². The van der Waals surface area contributed by atoms with Crippen molar-refractivity contribution in [3.8, 4) is 17.2 Å². The third-order valence-electron chi connectivity index (χ3n) is 2.96. The van der Waals surface area contributed by atoms with E-state index in [1.165, 1.54) is 24.3 Å². The van der Waals surface area contributed by atoms with Crippen molar-refractivity contribution in [3.63, 3.8) is 0 Å². The number of nitro groups is 1. The first-order valence-electron chi connectivity index (χ1n) is 7.34. The Balaban J connectivity index is 2.06. The van der Waals surface area contributed by atoms with Crippen LogP contribution in [0.3, 0.4) is 0 Å². The topological polar surface area (TPSA) is 69.4 Å². The van der Waals surface area contributed by atoms with Gasteiger partial charge in [0.05, 0.1) is 10.5 Å². The van der Waals surface area contributed by atoms with Crippen molar-refractivity contribution in [1.82, 2.24) is 0 Å². The fourth-order valence-electron chi connectivity index (χ4n) is 1.75. The third-order valence-corrected chi connectivity index (χ3v) is 3.84. The zero-order chi connectivity index (χ0) is 17.7. The van der Waals surface area contributed by atoms with Crippen LogP contribution in [0.1, 0.15) is 15.9 Å². The van der Waals surface area contributed by atoms with Crippen LogP contribution >= 0.6 is 0 Å². The van der Waals surface area contributed by atoms with E-state index in [9.17, 15) is 14.9 Å². The number of rotatable bonds is 3. The molecule has 0 aliphatic heterocycles. The average molecular weight is 339 g/mol. The van der Waals surface area contributed by atoms with Crippen LogP contribution in [0.15, 0.2) is 48.5 Å². The molecule has 0 N–H and O–H groups in total. The van der Waals surface area contributed by atoms with Gasteiger partial charge in [0.15, 0.2) is 0 Å². The number of carbonyl (C=O) groups is 1. The summed E-state index contributed by atoms with van der Waals surface area (Å²) >= 11 is 0. The molecule has 2 aromatic rings. The van der Waals surface area contributed by atoms with Crippen LogP contribution in [0, 0.1) is 21.6 Å². The first-order valence-corrected chi connectivity index (χ1v) is 10.8. The molecule has 0 saturated carbocycles. The monoisotopic (exact) mass is 339 g/mol. The van der Waals surface area contributed by atoms with Gasteiger partial charge in [0.25, 0.3) is 5.69 Å². The summed E-state index contributed by atoms with van der Waals surface area (Å²) in [6.45, 7) is 6.50. The number of esters is 1. The number of ether oxygens (including phenoxy) is 1. The molecule has 6 heteroatoms. The van der Waals surface area contributed by atoms with Gasteiger partial charge in [-0.15, -0.1) is 5.54 Å². The molecule has 0 spiro atoms. The van der Waals surface area contributed by atoms with E-state index < -0.39 is 19.0 Å². The van der Waals surface area contributed by atoms with E-state index in [4.69, 9.17) is 4.74 Å². The van der Waals surface area contributed by atoms with Crippen molar-refractivity contribution in [2.45, 2.75) is 19.6 Å². The molecule has 0 unspecified atom stereocenters. The number of non-ortho nitro benzene ring substituents is 1. The average Bonchev–Trinajstić information content (AvgIpc) is 2.53. The number of benzene rings is 2. The molecule has 0 bridgehead atoms. The SMILES string of the molecule is C[Si](C)(C)C#Cc1ccc(OC(=O)c2ccc([N+](=O)[O-])cc2)cc1. The van der Waals surface area contributed by atoms with Gasteiger partial charge < -0.3 is 4.74 Å². The number of hydrogen-bond donors (Lipinski definition) is 0. The van der Waals surface area contributed by atoms with Crippen LogP contribution in [-0.4, -0.2) is 19.0 Å². The number of carbonyl (C=O) groups excluding carboxylic acids is 1. The maximum Gasteiger partial charge on any atom is 0.343 e. The predicted molar refractivity (Wildman–Crippen MR) is 94.7 cm³/mol. The summed E-state index contributed by atoms with van der Waals surface area (Å²) in [6.07, 6.45) is 0. The molecule has 0 fully saturated rings. The van der Waals surface area contributed by atoms with E-state index in [1.54, 1.807) is 24.3 Å². The highest BCUT2D eigenvalue weighted by molar-refractivity contribution is 6.83. The molecule has 0 radical (unpaired) electrons. The van der Waals surface area contributed by atoms with E-state index in [2.05, 4.69) is 31.1 Å². The quantitative estimate of drug-likeness (QED) is 0.211. The normalized spacial score (nSPS) is 10.5. The lowest BCUT2D eigenvalue weighted by molar-refractivity contribution is -0.384. The van der Waals surface area contributed by atoms with Gasteiger partial charge in [0, 0.05) is 17.7 Å². The Bertz CT molecular complexity index is 809. The van der Waals surface area contributed by atoms with Gasteiger partial charge in [-0.2, -0.15) is 0 Å². The van der Waals surface area contributed by atoms with Gasteiger partial charge in [0.2, 0.25) is 0 Å². The second-order valence-electron chi connectivity index (χ2n) is 6.22. The van der Waals surface area contributed by atoms with Crippen molar-refractivity contribution in [2.75, 3.05) is 0 Å². The standard InChI is InChI=1S/C18H17NO4Si/c1-24(2,3)13-12-14-4-10-17(11-5-14)23-18(20)15-6-8-16(9-7-15)19(21)22/h4-11H,1-3H3. The van der Waals surface area contributed by atoms with E-state index in [0.29, 0.717) is 5.75 Å². The van der Waals surface area contributed by atoms with Gasteiger partial charge in [-0.3, -0.25) is 10.1 Å². The molecule has 0 heterocycles. The maximum absolute atomic E-state index is 12.0. The van der Waals surface area contributed by atoms with Crippen molar-refractivity contribution >= 4 is 19.7 Å². The minimum absolute atomic E-state index is 0.0723. The molecular weight excluding hydrogens is 322 g/mol. The molecule has 2 rings (SSSR count). The van der Waals surface area contributed by atoms with E-state index in [-0.39, 0.29) is 11.3 Å². The Labute approximate surface area is 141 Å². The zero-order valence-electron chi connectivity index (χ0n) is 13.7. The Hall–Kier alpha value is -2.91. The minimum atomic E-state index is -1.43. The van der Waals surface area contributed by atoms with Gasteiger partial charge in [0.1, 0.15) is 13.8 Å². The Kier molecular flexibility index (Phi) is 5.17. The lowest BCUT2D eigenvalue weighted by Gasteiger charge is -2.05. The molecule has 24 heavy (non-hydrogen) atoms. The molecular formula is C18H17NO4Si. The van der Waals surface area contributed by atoms with Crippen LogP contribution in [-0.2, 0) is 0 Å². The summed E-state index contributed by atoms with van der Waals surface area (Å²) in [7, 11) is -1.43. The van der Waals surface area contributed by atoms with Crippen LogP contribution in [0.4, 0.5) is 5.69 Å². The van der Waals surface area contributed by atoms with E-state index in [0.717, 1.165) is 5.56 Å². The zero-order valence-corrected chi connectivity index (χ0v) is 14.7. The molecule has 122 valence electrons. The molecule has 0 aliphatic carbocycles.